The summed E-state index contributed by atoms with van der Waals surface area (Å²) in [5.41, 5.74) is 7.45. The van der Waals surface area contributed by atoms with Crippen LogP contribution in [-0.2, 0) is 14.3 Å². The standard InChI is InChI=1S/C16H16N2O3/c1-10(19)18-15(16(20)21-2)9-11-7-8-14(17)13-6-4-3-5-12(11)13/h3-9H,17H2,1-2H3,(H,18,19)/b15-9-. The van der Waals surface area contributed by atoms with Crippen molar-refractivity contribution in [3.05, 3.63) is 47.7 Å². The molecule has 0 heterocycles. The normalized spacial score (nSPS) is 11.2. The van der Waals surface area contributed by atoms with Crippen molar-refractivity contribution in [1.82, 2.24) is 5.32 Å². The summed E-state index contributed by atoms with van der Waals surface area (Å²) in [6.07, 6.45) is 1.58. The third kappa shape index (κ3) is 3.20. The van der Waals surface area contributed by atoms with Crippen LogP contribution in [-0.4, -0.2) is 19.0 Å². The lowest BCUT2D eigenvalue weighted by atomic mass is 10.0. The van der Waals surface area contributed by atoms with Gasteiger partial charge in [-0.2, -0.15) is 0 Å². The van der Waals surface area contributed by atoms with Gasteiger partial charge in [-0.1, -0.05) is 30.3 Å². The lowest BCUT2D eigenvalue weighted by Gasteiger charge is -2.09. The van der Waals surface area contributed by atoms with Crippen molar-refractivity contribution < 1.29 is 14.3 Å². The summed E-state index contributed by atoms with van der Waals surface area (Å²) in [6.45, 7) is 1.33. The molecule has 0 unspecified atom stereocenters. The highest BCUT2D eigenvalue weighted by atomic mass is 16.5. The molecule has 0 fully saturated rings. The molecule has 0 aliphatic rings. The Morgan fingerprint density at radius 2 is 1.81 bits per heavy atom. The zero-order valence-corrected chi connectivity index (χ0v) is 11.8. The van der Waals surface area contributed by atoms with Crippen LogP contribution in [0.3, 0.4) is 0 Å². The molecule has 0 saturated carbocycles. The second-order valence-corrected chi connectivity index (χ2v) is 4.52. The first-order valence-corrected chi connectivity index (χ1v) is 6.37. The number of hydrogen-bond acceptors (Lipinski definition) is 4. The zero-order chi connectivity index (χ0) is 15.4. The molecule has 3 N–H and O–H groups in total. The fourth-order valence-electron chi connectivity index (χ4n) is 2.07. The molecule has 0 bridgehead atoms. The van der Waals surface area contributed by atoms with Crippen LogP contribution in [0.5, 0.6) is 0 Å². The summed E-state index contributed by atoms with van der Waals surface area (Å²) >= 11 is 0. The molecule has 0 aromatic heterocycles. The zero-order valence-electron chi connectivity index (χ0n) is 11.8. The molecule has 0 radical (unpaired) electrons. The Bertz CT molecular complexity index is 735. The van der Waals surface area contributed by atoms with Gasteiger partial charge in [-0.05, 0) is 23.1 Å². The lowest BCUT2D eigenvalue weighted by Crippen LogP contribution is -2.25. The van der Waals surface area contributed by atoms with E-state index < -0.39 is 5.97 Å². The van der Waals surface area contributed by atoms with Crippen LogP contribution in [0.1, 0.15) is 12.5 Å². The molecule has 2 aromatic carbocycles. The number of nitrogens with one attached hydrogen (secondary N) is 1. The number of ether oxygens (including phenoxy) is 1. The highest BCUT2D eigenvalue weighted by molar-refractivity contribution is 6.03. The molecule has 0 aliphatic carbocycles. The third-order valence-electron chi connectivity index (χ3n) is 3.01. The number of rotatable bonds is 3. The van der Waals surface area contributed by atoms with Crippen LogP contribution < -0.4 is 11.1 Å². The summed E-state index contributed by atoms with van der Waals surface area (Å²) < 4.78 is 4.67. The fourth-order valence-corrected chi connectivity index (χ4v) is 2.07. The number of amides is 1. The minimum atomic E-state index is -0.605. The minimum Gasteiger partial charge on any atom is -0.464 e. The van der Waals surface area contributed by atoms with Gasteiger partial charge >= 0.3 is 5.97 Å². The van der Waals surface area contributed by atoms with Crippen molar-refractivity contribution in [2.24, 2.45) is 0 Å². The van der Waals surface area contributed by atoms with Crippen molar-refractivity contribution in [1.29, 1.82) is 0 Å². The van der Waals surface area contributed by atoms with Gasteiger partial charge in [0.2, 0.25) is 5.91 Å². The van der Waals surface area contributed by atoms with Crippen molar-refractivity contribution >= 4 is 34.4 Å². The van der Waals surface area contributed by atoms with Crippen LogP contribution in [0.2, 0.25) is 0 Å². The summed E-state index contributed by atoms with van der Waals surface area (Å²) in [6, 6.07) is 11.1. The van der Waals surface area contributed by atoms with Gasteiger partial charge in [-0.15, -0.1) is 0 Å². The minimum absolute atomic E-state index is 0.0833. The first-order valence-electron chi connectivity index (χ1n) is 6.37. The number of benzene rings is 2. The van der Waals surface area contributed by atoms with Gasteiger partial charge in [-0.25, -0.2) is 4.79 Å². The van der Waals surface area contributed by atoms with E-state index in [4.69, 9.17) is 5.73 Å². The van der Waals surface area contributed by atoms with Gasteiger partial charge < -0.3 is 15.8 Å². The first-order chi connectivity index (χ1) is 10.0. The van der Waals surface area contributed by atoms with Crippen LogP contribution in [0.4, 0.5) is 5.69 Å². The van der Waals surface area contributed by atoms with Gasteiger partial charge in [0.05, 0.1) is 7.11 Å². The largest absolute Gasteiger partial charge is 0.464 e. The Balaban J connectivity index is 2.58. The Labute approximate surface area is 122 Å². The molecule has 2 aromatic rings. The maximum Gasteiger partial charge on any atom is 0.354 e. The summed E-state index contributed by atoms with van der Waals surface area (Å²) in [5, 5.41) is 4.25. The molecule has 108 valence electrons. The Hall–Kier alpha value is -2.82. The van der Waals surface area contributed by atoms with Crippen molar-refractivity contribution in [2.75, 3.05) is 12.8 Å². The maximum atomic E-state index is 11.7. The molecule has 2 rings (SSSR count). The second-order valence-electron chi connectivity index (χ2n) is 4.52. The number of nitrogen functional groups attached to an aromatic ring is 1. The quantitative estimate of drug-likeness (QED) is 0.513. The average Bonchev–Trinajstić information content (AvgIpc) is 2.48. The van der Waals surface area contributed by atoms with Gasteiger partial charge in [0.25, 0.3) is 0 Å². The number of anilines is 1. The van der Waals surface area contributed by atoms with E-state index >= 15 is 0 Å². The van der Waals surface area contributed by atoms with E-state index in [2.05, 4.69) is 10.1 Å². The smallest absolute Gasteiger partial charge is 0.354 e. The van der Waals surface area contributed by atoms with Gasteiger partial charge in [-0.3, -0.25) is 4.79 Å². The Morgan fingerprint density at radius 1 is 1.14 bits per heavy atom. The lowest BCUT2D eigenvalue weighted by molar-refractivity contribution is -0.137. The van der Waals surface area contributed by atoms with Crippen molar-refractivity contribution in [2.45, 2.75) is 6.92 Å². The number of nitrogens with two attached hydrogens (primary N) is 1. The fraction of sp³-hybridized carbons (Fsp3) is 0.125. The number of fused-ring (bicyclic) bond motifs is 1. The summed E-state index contributed by atoms with van der Waals surface area (Å²) in [7, 11) is 1.26. The van der Waals surface area contributed by atoms with E-state index in [0.717, 1.165) is 16.3 Å². The molecule has 0 saturated heterocycles. The highest BCUT2D eigenvalue weighted by Gasteiger charge is 2.12. The predicted octanol–water partition coefficient (Wildman–Crippen LogP) is 2.07. The van der Waals surface area contributed by atoms with Crippen LogP contribution in [0, 0.1) is 0 Å². The molecule has 5 heteroatoms. The van der Waals surface area contributed by atoms with E-state index in [1.54, 1.807) is 18.2 Å². The summed E-state index contributed by atoms with van der Waals surface area (Å²) in [5.74, 6) is -0.947. The monoisotopic (exact) mass is 284 g/mol. The first kappa shape index (κ1) is 14.6. The molecule has 0 atom stereocenters. The topological polar surface area (TPSA) is 81.4 Å². The predicted molar refractivity (Wildman–Crippen MR) is 82.2 cm³/mol. The average molecular weight is 284 g/mol. The molecular formula is C16H16N2O3. The number of esters is 1. The maximum absolute atomic E-state index is 11.7. The van der Waals surface area contributed by atoms with E-state index in [9.17, 15) is 9.59 Å². The molecule has 5 nitrogen and oxygen atoms in total. The Kier molecular flexibility index (Phi) is 4.23. The van der Waals surface area contributed by atoms with Crippen LogP contribution >= 0.6 is 0 Å². The van der Waals surface area contributed by atoms with E-state index in [1.807, 2.05) is 24.3 Å². The Morgan fingerprint density at radius 3 is 2.43 bits per heavy atom. The third-order valence-corrected chi connectivity index (χ3v) is 3.01. The van der Waals surface area contributed by atoms with Gasteiger partial charge in [0.1, 0.15) is 5.70 Å². The SMILES string of the molecule is COC(=O)/C(=C/c1ccc(N)c2ccccc12)NC(C)=O. The second kappa shape index (κ2) is 6.09. The van der Waals surface area contributed by atoms with Gasteiger partial charge in [0.15, 0.2) is 0 Å². The van der Waals surface area contributed by atoms with Gasteiger partial charge in [0, 0.05) is 18.0 Å². The van der Waals surface area contributed by atoms with E-state index in [0.29, 0.717) is 5.69 Å². The van der Waals surface area contributed by atoms with Crippen molar-refractivity contribution in [3.8, 4) is 0 Å². The van der Waals surface area contributed by atoms with Crippen molar-refractivity contribution in [3.63, 3.8) is 0 Å². The number of carbonyl (C=O) groups excluding carboxylic acids is 2. The number of hydrogen-bond donors (Lipinski definition) is 2. The molecule has 0 aliphatic heterocycles. The highest BCUT2D eigenvalue weighted by Crippen LogP contribution is 2.26. The van der Waals surface area contributed by atoms with E-state index in [-0.39, 0.29) is 11.6 Å². The van der Waals surface area contributed by atoms with Crippen LogP contribution in [0.25, 0.3) is 16.8 Å². The molecule has 21 heavy (non-hydrogen) atoms. The summed E-state index contributed by atoms with van der Waals surface area (Å²) in [4.78, 5) is 22.9. The number of carbonyl (C=O) groups is 2. The van der Waals surface area contributed by atoms with E-state index in [1.165, 1.54) is 14.0 Å². The molecule has 0 spiro atoms. The molecular weight excluding hydrogens is 268 g/mol. The van der Waals surface area contributed by atoms with Crippen LogP contribution in [0.15, 0.2) is 42.1 Å². The molecule has 1 amide bonds. The number of methoxy groups -OCH3 is 1.